The largest absolute Gasteiger partial charge is 0.481 e. The van der Waals surface area contributed by atoms with Gasteiger partial charge in [-0.15, -0.1) is 0 Å². The molecule has 1 amide bonds. The van der Waals surface area contributed by atoms with Crippen LogP contribution in [0.2, 0.25) is 0 Å². The van der Waals surface area contributed by atoms with Crippen LogP contribution in [0.1, 0.15) is 18.4 Å². The Bertz CT molecular complexity index is 636. The predicted octanol–water partition coefficient (Wildman–Crippen LogP) is 0.289. The number of hydrogen-bond donors (Lipinski definition) is 4. The summed E-state index contributed by atoms with van der Waals surface area (Å²) in [6.45, 7) is 1.68. The van der Waals surface area contributed by atoms with E-state index in [-0.39, 0.29) is 36.0 Å². The van der Waals surface area contributed by atoms with Crippen molar-refractivity contribution in [3.05, 3.63) is 35.6 Å². The van der Waals surface area contributed by atoms with Gasteiger partial charge in [0.25, 0.3) is 0 Å². The van der Waals surface area contributed by atoms with Crippen molar-refractivity contribution in [1.29, 1.82) is 0 Å². The maximum Gasteiger partial charge on any atom is 0.303 e. The summed E-state index contributed by atoms with van der Waals surface area (Å²) >= 11 is 0. The Morgan fingerprint density at radius 3 is 2.84 bits per heavy atom. The minimum Gasteiger partial charge on any atom is -0.481 e. The molecule has 1 unspecified atom stereocenters. The number of amides is 1. The molecule has 1 aromatic carbocycles. The number of likely N-dealkylation sites (tertiary alicyclic amines) is 1. The van der Waals surface area contributed by atoms with Crippen LogP contribution in [0.15, 0.2) is 24.3 Å². The van der Waals surface area contributed by atoms with Crippen LogP contribution < -0.4 is 16.4 Å². The van der Waals surface area contributed by atoms with Crippen molar-refractivity contribution in [2.24, 2.45) is 11.8 Å². The Hall–Kier alpha value is -2.03. The van der Waals surface area contributed by atoms with Gasteiger partial charge < -0.3 is 10.0 Å². The van der Waals surface area contributed by atoms with Gasteiger partial charge in [0.2, 0.25) is 5.91 Å². The number of carbonyl (C=O) groups excluding carboxylic acids is 1. The SMILES string of the molecule is O=C(O)C[C@@H]1CN(C(=O)CCc2cccc(F)c2)C[C@@H]1C1CNNN1. The minimum atomic E-state index is -0.844. The fourth-order valence-corrected chi connectivity index (χ4v) is 3.71. The number of hydrogen-bond acceptors (Lipinski definition) is 5. The van der Waals surface area contributed by atoms with E-state index in [2.05, 4.69) is 16.4 Å². The van der Waals surface area contributed by atoms with Gasteiger partial charge >= 0.3 is 5.97 Å². The molecule has 2 aliphatic rings. The number of rotatable bonds is 6. The van der Waals surface area contributed by atoms with Crippen molar-refractivity contribution in [1.82, 2.24) is 21.3 Å². The van der Waals surface area contributed by atoms with Gasteiger partial charge in [-0.2, -0.15) is 5.53 Å². The summed E-state index contributed by atoms with van der Waals surface area (Å²) in [7, 11) is 0. The lowest BCUT2D eigenvalue weighted by Crippen LogP contribution is -2.41. The van der Waals surface area contributed by atoms with Crippen molar-refractivity contribution >= 4 is 11.9 Å². The quantitative estimate of drug-likeness (QED) is 0.589. The van der Waals surface area contributed by atoms with Crippen LogP contribution in [0.5, 0.6) is 0 Å². The number of nitrogens with one attached hydrogen (secondary N) is 3. The zero-order valence-corrected chi connectivity index (χ0v) is 13.9. The summed E-state index contributed by atoms with van der Waals surface area (Å²) in [5.41, 5.74) is 9.68. The molecule has 25 heavy (non-hydrogen) atoms. The van der Waals surface area contributed by atoms with E-state index >= 15 is 0 Å². The van der Waals surface area contributed by atoms with Crippen molar-refractivity contribution in [2.45, 2.75) is 25.3 Å². The number of halogens is 1. The second kappa shape index (κ2) is 7.90. The van der Waals surface area contributed by atoms with Gasteiger partial charge in [0.05, 0.1) is 6.42 Å². The number of carboxylic acids is 1. The second-order valence-corrected chi connectivity index (χ2v) is 6.71. The molecule has 0 aromatic heterocycles. The molecular weight excluding hydrogens is 327 g/mol. The van der Waals surface area contributed by atoms with E-state index in [1.54, 1.807) is 17.0 Å². The van der Waals surface area contributed by atoms with Crippen LogP contribution in [0.4, 0.5) is 4.39 Å². The summed E-state index contributed by atoms with van der Waals surface area (Å²) in [5, 5.41) is 9.15. The van der Waals surface area contributed by atoms with Crippen LogP contribution in [-0.2, 0) is 16.0 Å². The van der Waals surface area contributed by atoms with Crippen LogP contribution in [0.25, 0.3) is 0 Å². The molecule has 8 heteroatoms. The maximum absolute atomic E-state index is 13.2. The topological polar surface area (TPSA) is 93.7 Å². The molecule has 1 aromatic rings. The molecule has 136 valence electrons. The first-order valence-electron chi connectivity index (χ1n) is 8.50. The van der Waals surface area contributed by atoms with Crippen LogP contribution in [0, 0.1) is 17.7 Å². The smallest absolute Gasteiger partial charge is 0.303 e. The summed E-state index contributed by atoms with van der Waals surface area (Å²) in [5.74, 6) is -1.16. The molecule has 2 fully saturated rings. The van der Waals surface area contributed by atoms with E-state index in [9.17, 15) is 14.0 Å². The molecule has 0 saturated carbocycles. The normalized spacial score (nSPS) is 26.1. The number of hydrazine groups is 2. The van der Waals surface area contributed by atoms with Crippen molar-refractivity contribution in [2.75, 3.05) is 19.6 Å². The van der Waals surface area contributed by atoms with Gasteiger partial charge in [-0.3, -0.25) is 9.59 Å². The van der Waals surface area contributed by atoms with Crippen molar-refractivity contribution in [3.63, 3.8) is 0 Å². The summed E-state index contributed by atoms with van der Waals surface area (Å²) in [6, 6.07) is 6.34. The van der Waals surface area contributed by atoms with E-state index in [0.717, 1.165) is 5.56 Å². The molecule has 2 heterocycles. The minimum absolute atomic E-state index is 0.0129. The van der Waals surface area contributed by atoms with Gasteiger partial charge in [-0.05, 0) is 36.0 Å². The van der Waals surface area contributed by atoms with Gasteiger partial charge in [0, 0.05) is 32.1 Å². The van der Waals surface area contributed by atoms with Gasteiger partial charge in [0.15, 0.2) is 0 Å². The molecule has 7 nitrogen and oxygen atoms in total. The predicted molar refractivity (Wildman–Crippen MR) is 88.6 cm³/mol. The Morgan fingerprint density at radius 2 is 2.16 bits per heavy atom. The summed E-state index contributed by atoms with van der Waals surface area (Å²) in [4.78, 5) is 25.4. The molecule has 4 N–H and O–H groups in total. The number of aryl methyl sites for hydroxylation is 1. The molecule has 3 atom stereocenters. The molecule has 0 bridgehead atoms. The fraction of sp³-hybridized carbons (Fsp3) is 0.529. The van der Waals surface area contributed by atoms with Crippen LogP contribution in [-0.4, -0.2) is 47.6 Å². The zero-order valence-electron chi connectivity index (χ0n) is 13.9. The lowest BCUT2D eigenvalue weighted by molar-refractivity contribution is -0.138. The summed E-state index contributed by atoms with van der Waals surface area (Å²) in [6.07, 6.45) is 0.827. The van der Waals surface area contributed by atoms with Gasteiger partial charge in [-0.1, -0.05) is 12.1 Å². The average Bonchev–Trinajstić information content (AvgIpc) is 3.21. The Kier molecular flexibility index (Phi) is 5.62. The molecular formula is C17H23FN4O3. The highest BCUT2D eigenvalue weighted by Crippen LogP contribution is 2.30. The zero-order chi connectivity index (χ0) is 17.8. The monoisotopic (exact) mass is 350 g/mol. The van der Waals surface area contributed by atoms with E-state index < -0.39 is 5.97 Å². The molecule has 0 aliphatic carbocycles. The highest BCUT2D eigenvalue weighted by molar-refractivity contribution is 5.77. The van der Waals surface area contributed by atoms with Gasteiger partial charge in [-0.25, -0.2) is 15.2 Å². The van der Waals surface area contributed by atoms with Gasteiger partial charge in [0.1, 0.15) is 5.82 Å². The van der Waals surface area contributed by atoms with Crippen molar-refractivity contribution < 1.29 is 19.1 Å². The van der Waals surface area contributed by atoms with Crippen LogP contribution in [0.3, 0.4) is 0 Å². The first-order valence-corrected chi connectivity index (χ1v) is 8.50. The number of benzene rings is 1. The fourth-order valence-electron chi connectivity index (χ4n) is 3.71. The number of nitrogens with zero attached hydrogens (tertiary/aromatic N) is 1. The average molecular weight is 350 g/mol. The van der Waals surface area contributed by atoms with E-state index in [1.807, 2.05) is 0 Å². The number of aliphatic carboxylic acids is 1. The molecule has 3 rings (SSSR count). The molecule has 2 aliphatic heterocycles. The maximum atomic E-state index is 13.2. The van der Waals surface area contributed by atoms with Crippen LogP contribution >= 0.6 is 0 Å². The third-order valence-corrected chi connectivity index (χ3v) is 4.98. The lowest BCUT2D eigenvalue weighted by atomic mass is 9.87. The summed E-state index contributed by atoms with van der Waals surface area (Å²) < 4.78 is 13.2. The number of carbonyl (C=O) groups is 2. The first-order chi connectivity index (χ1) is 12.0. The third-order valence-electron chi connectivity index (χ3n) is 4.98. The molecule has 2 saturated heterocycles. The first kappa shape index (κ1) is 17.8. The molecule has 0 spiro atoms. The highest BCUT2D eigenvalue weighted by Gasteiger charge is 2.41. The lowest BCUT2D eigenvalue weighted by Gasteiger charge is -2.22. The standard InChI is InChI=1S/C17H23FN4O3/c18-13-3-1-2-11(6-13)4-5-16(23)22-9-12(7-17(24)25)14(10-22)15-8-19-21-20-15/h1-3,6,12,14-15,19-21H,4-5,7-10H2,(H,24,25)/t12-,14+,15?/m1/s1. The van der Waals surface area contributed by atoms with E-state index in [1.165, 1.54) is 12.1 Å². The van der Waals surface area contributed by atoms with Crippen molar-refractivity contribution in [3.8, 4) is 0 Å². The Morgan fingerprint density at radius 1 is 1.32 bits per heavy atom. The number of carboxylic acid groups (broad SMARTS) is 1. The second-order valence-electron chi connectivity index (χ2n) is 6.71. The van der Waals surface area contributed by atoms with E-state index in [4.69, 9.17) is 5.11 Å². The molecule has 0 radical (unpaired) electrons. The highest BCUT2D eigenvalue weighted by atomic mass is 19.1. The Balaban J connectivity index is 1.59. The van der Waals surface area contributed by atoms with E-state index in [0.29, 0.717) is 32.5 Å². The Labute approximate surface area is 145 Å². The third kappa shape index (κ3) is 4.53.